The number of piperidine rings is 1. The molecule has 0 spiro atoms. The van der Waals surface area contributed by atoms with Crippen molar-refractivity contribution in [2.75, 3.05) is 13.1 Å². The first-order valence-corrected chi connectivity index (χ1v) is 7.69. The number of likely N-dealkylation sites (tertiary alicyclic amines) is 1. The predicted octanol–water partition coefficient (Wildman–Crippen LogP) is 3.07. The van der Waals surface area contributed by atoms with Gasteiger partial charge in [0.1, 0.15) is 5.76 Å². The van der Waals surface area contributed by atoms with Crippen LogP contribution in [0.4, 0.5) is 0 Å². The van der Waals surface area contributed by atoms with Crippen LogP contribution in [0.25, 0.3) is 0 Å². The SMILES string of the molecule is CC(C)(C)c1cnc(CN2CCC(c3ccn[nH]3)CC2)o1. The van der Waals surface area contributed by atoms with Crippen molar-refractivity contribution in [3.8, 4) is 0 Å². The summed E-state index contributed by atoms with van der Waals surface area (Å²) in [5, 5.41) is 7.14. The van der Waals surface area contributed by atoms with Crippen LogP contribution in [0, 0.1) is 0 Å². The average Bonchev–Trinajstić information content (AvgIpc) is 3.09. The zero-order chi connectivity index (χ0) is 14.9. The molecule has 1 N–H and O–H groups in total. The molecular weight excluding hydrogens is 264 g/mol. The lowest BCUT2D eigenvalue weighted by atomic mass is 9.94. The van der Waals surface area contributed by atoms with Crippen LogP contribution in [0.1, 0.15) is 56.9 Å². The van der Waals surface area contributed by atoms with Gasteiger partial charge in [0, 0.05) is 23.2 Å². The molecule has 0 aliphatic carbocycles. The molecule has 3 rings (SSSR count). The topological polar surface area (TPSA) is 58.0 Å². The summed E-state index contributed by atoms with van der Waals surface area (Å²) < 4.78 is 5.88. The van der Waals surface area contributed by atoms with E-state index in [0.29, 0.717) is 5.92 Å². The summed E-state index contributed by atoms with van der Waals surface area (Å²) in [7, 11) is 0. The summed E-state index contributed by atoms with van der Waals surface area (Å²) in [6.07, 6.45) is 6.03. The van der Waals surface area contributed by atoms with Crippen LogP contribution in [-0.4, -0.2) is 33.2 Å². The first-order valence-electron chi connectivity index (χ1n) is 7.69. The van der Waals surface area contributed by atoms with Gasteiger partial charge in [0.05, 0.1) is 12.7 Å². The second-order valence-electron chi connectivity index (χ2n) is 6.93. The maximum Gasteiger partial charge on any atom is 0.208 e. The Hall–Kier alpha value is -1.62. The highest BCUT2D eigenvalue weighted by molar-refractivity contribution is 5.08. The van der Waals surface area contributed by atoms with E-state index < -0.39 is 0 Å². The van der Waals surface area contributed by atoms with E-state index in [-0.39, 0.29) is 5.41 Å². The molecule has 2 aromatic heterocycles. The Balaban J connectivity index is 1.55. The Morgan fingerprint density at radius 2 is 2.10 bits per heavy atom. The van der Waals surface area contributed by atoms with E-state index in [2.05, 4.69) is 46.9 Å². The lowest BCUT2D eigenvalue weighted by Crippen LogP contribution is -2.32. The molecule has 114 valence electrons. The molecule has 5 nitrogen and oxygen atoms in total. The second-order valence-corrected chi connectivity index (χ2v) is 6.93. The average molecular weight is 288 g/mol. The van der Waals surface area contributed by atoms with Crippen LogP contribution in [0.2, 0.25) is 0 Å². The van der Waals surface area contributed by atoms with Crippen LogP contribution in [-0.2, 0) is 12.0 Å². The number of hydrogen-bond acceptors (Lipinski definition) is 4. The Morgan fingerprint density at radius 1 is 1.33 bits per heavy atom. The Morgan fingerprint density at radius 3 is 2.67 bits per heavy atom. The molecule has 3 heterocycles. The molecule has 0 amide bonds. The molecule has 1 fully saturated rings. The second kappa shape index (κ2) is 5.64. The molecule has 0 aromatic carbocycles. The van der Waals surface area contributed by atoms with Gasteiger partial charge in [-0.1, -0.05) is 20.8 Å². The smallest absolute Gasteiger partial charge is 0.208 e. The summed E-state index contributed by atoms with van der Waals surface area (Å²) in [5.74, 6) is 2.41. The van der Waals surface area contributed by atoms with E-state index in [9.17, 15) is 0 Å². The van der Waals surface area contributed by atoms with Crippen LogP contribution < -0.4 is 0 Å². The molecule has 0 bridgehead atoms. The fraction of sp³-hybridized carbons (Fsp3) is 0.625. The molecule has 5 heteroatoms. The van der Waals surface area contributed by atoms with Gasteiger partial charge in [-0.05, 0) is 32.0 Å². The van der Waals surface area contributed by atoms with Gasteiger partial charge in [0.2, 0.25) is 5.89 Å². The fourth-order valence-electron chi connectivity index (χ4n) is 2.82. The van der Waals surface area contributed by atoms with Gasteiger partial charge in [-0.2, -0.15) is 5.10 Å². The molecule has 1 aliphatic rings. The van der Waals surface area contributed by atoms with Crippen molar-refractivity contribution in [3.63, 3.8) is 0 Å². The van der Waals surface area contributed by atoms with Gasteiger partial charge in [-0.25, -0.2) is 4.98 Å². The minimum absolute atomic E-state index is 0.0266. The van der Waals surface area contributed by atoms with Crippen LogP contribution in [0.5, 0.6) is 0 Å². The number of oxazole rings is 1. The van der Waals surface area contributed by atoms with E-state index in [1.807, 2.05) is 12.4 Å². The normalized spacial score (nSPS) is 18.2. The predicted molar refractivity (Wildman–Crippen MR) is 81.0 cm³/mol. The zero-order valence-corrected chi connectivity index (χ0v) is 13.1. The number of nitrogens with one attached hydrogen (secondary N) is 1. The summed E-state index contributed by atoms with van der Waals surface area (Å²) in [4.78, 5) is 6.84. The fourth-order valence-corrected chi connectivity index (χ4v) is 2.82. The zero-order valence-electron chi connectivity index (χ0n) is 13.1. The van der Waals surface area contributed by atoms with E-state index >= 15 is 0 Å². The molecule has 2 aromatic rings. The summed E-state index contributed by atoms with van der Waals surface area (Å²) in [6, 6.07) is 2.09. The third-order valence-corrected chi connectivity index (χ3v) is 4.20. The van der Waals surface area contributed by atoms with Crippen LogP contribution >= 0.6 is 0 Å². The maximum absolute atomic E-state index is 5.88. The quantitative estimate of drug-likeness (QED) is 0.943. The van der Waals surface area contributed by atoms with E-state index in [0.717, 1.165) is 44.1 Å². The molecule has 0 saturated carbocycles. The van der Waals surface area contributed by atoms with Crippen molar-refractivity contribution in [2.45, 2.75) is 51.5 Å². The number of aromatic nitrogens is 3. The number of hydrogen-bond donors (Lipinski definition) is 1. The molecule has 0 atom stereocenters. The third-order valence-electron chi connectivity index (χ3n) is 4.20. The molecule has 1 saturated heterocycles. The van der Waals surface area contributed by atoms with Crippen LogP contribution in [0.3, 0.4) is 0 Å². The van der Waals surface area contributed by atoms with Crippen molar-refractivity contribution < 1.29 is 4.42 Å². The highest BCUT2D eigenvalue weighted by Crippen LogP contribution is 2.28. The Labute approximate surface area is 125 Å². The minimum Gasteiger partial charge on any atom is -0.444 e. The number of nitrogens with zero attached hydrogens (tertiary/aromatic N) is 3. The number of H-pyrrole nitrogens is 1. The van der Waals surface area contributed by atoms with E-state index in [1.54, 1.807) is 0 Å². The molecular formula is C16H24N4O. The molecule has 0 unspecified atom stereocenters. The lowest BCUT2D eigenvalue weighted by molar-refractivity contribution is 0.183. The Kier molecular flexibility index (Phi) is 3.85. The molecule has 21 heavy (non-hydrogen) atoms. The molecule has 0 radical (unpaired) electrons. The number of aromatic amines is 1. The summed E-state index contributed by atoms with van der Waals surface area (Å²) in [5.41, 5.74) is 1.29. The third kappa shape index (κ3) is 3.35. The highest BCUT2D eigenvalue weighted by atomic mass is 16.4. The van der Waals surface area contributed by atoms with Gasteiger partial charge in [-0.15, -0.1) is 0 Å². The van der Waals surface area contributed by atoms with Gasteiger partial charge >= 0.3 is 0 Å². The summed E-state index contributed by atoms with van der Waals surface area (Å²) >= 11 is 0. The standard InChI is InChI=1S/C16H24N4O/c1-16(2,3)14-10-17-15(21-14)11-20-8-5-12(6-9-20)13-4-7-18-19-13/h4,7,10,12H,5-6,8-9,11H2,1-3H3,(H,18,19). The first kappa shape index (κ1) is 14.3. The maximum atomic E-state index is 5.88. The van der Waals surface area contributed by atoms with E-state index in [4.69, 9.17) is 4.42 Å². The van der Waals surface area contributed by atoms with Crippen molar-refractivity contribution in [1.29, 1.82) is 0 Å². The molecule has 1 aliphatic heterocycles. The Bertz CT molecular complexity index is 559. The highest BCUT2D eigenvalue weighted by Gasteiger charge is 2.24. The number of rotatable bonds is 3. The van der Waals surface area contributed by atoms with E-state index in [1.165, 1.54) is 5.69 Å². The van der Waals surface area contributed by atoms with Crippen LogP contribution in [0.15, 0.2) is 22.9 Å². The van der Waals surface area contributed by atoms with Crippen molar-refractivity contribution in [2.24, 2.45) is 0 Å². The van der Waals surface area contributed by atoms with Crippen molar-refractivity contribution in [1.82, 2.24) is 20.1 Å². The van der Waals surface area contributed by atoms with Gasteiger partial charge in [0.15, 0.2) is 0 Å². The van der Waals surface area contributed by atoms with Gasteiger partial charge < -0.3 is 4.42 Å². The van der Waals surface area contributed by atoms with Crippen molar-refractivity contribution in [3.05, 3.63) is 35.8 Å². The van der Waals surface area contributed by atoms with Gasteiger partial charge in [-0.3, -0.25) is 10.00 Å². The summed E-state index contributed by atoms with van der Waals surface area (Å²) in [6.45, 7) is 9.41. The monoisotopic (exact) mass is 288 g/mol. The van der Waals surface area contributed by atoms with Crippen molar-refractivity contribution >= 4 is 0 Å². The largest absolute Gasteiger partial charge is 0.444 e. The minimum atomic E-state index is 0.0266. The first-order chi connectivity index (χ1) is 10.0. The lowest BCUT2D eigenvalue weighted by Gasteiger charge is -2.30. The van der Waals surface area contributed by atoms with Gasteiger partial charge in [0.25, 0.3) is 0 Å².